The topological polar surface area (TPSA) is 79.9 Å². The fourth-order valence-electron chi connectivity index (χ4n) is 2.29. The van der Waals surface area contributed by atoms with Crippen molar-refractivity contribution in [1.82, 2.24) is 5.32 Å². The smallest absolute Gasteiger partial charge is 0.170 e. The minimum absolute atomic E-state index is 0.141. The van der Waals surface area contributed by atoms with Crippen LogP contribution in [-0.2, 0) is 11.3 Å². The van der Waals surface area contributed by atoms with Crippen LogP contribution in [0.4, 0.5) is 0 Å². The molecular weight excluding hydrogens is 242 g/mol. The van der Waals surface area contributed by atoms with Crippen molar-refractivity contribution in [3.63, 3.8) is 0 Å². The van der Waals surface area contributed by atoms with Crippen LogP contribution in [-0.4, -0.2) is 30.8 Å². The van der Waals surface area contributed by atoms with Crippen LogP contribution in [0.3, 0.4) is 0 Å². The molecule has 1 aliphatic rings. The maximum atomic E-state index is 8.66. The second-order valence-electron chi connectivity index (χ2n) is 4.90. The molecule has 1 fully saturated rings. The van der Waals surface area contributed by atoms with Crippen molar-refractivity contribution in [1.29, 1.82) is 0 Å². The molecule has 0 radical (unpaired) electrons. The first kappa shape index (κ1) is 13.8. The summed E-state index contributed by atoms with van der Waals surface area (Å²) in [6.45, 7) is 3.51. The van der Waals surface area contributed by atoms with Gasteiger partial charge in [-0.3, -0.25) is 0 Å². The lowest BCUT2D eigenvalue weighted by atomic mass is 10.0. The summed E-state index contributed by atoms with van der Waals surface area (Å²) in [7, 11) is 0. The fraction of sp³-hybridized carbons (Fsp3) is 0.500. The molecule has 2 rings (SSSR count). The van der Waals surface area contributed by atoms with Gasteiger partial charge in [-0.15, -0.1) is 0 Å². The number of nitrogens with one attached hydrogen (secondary N) is 1. The standard InChI is InChI=1S/C14H21N3O2/c15-14(17-18)13-5-1-3-11(7-13)8-16-9-12-4-2-6-19-10-12/h1,3,5,7,12,16,18H,2,4,6,8-10H2,(H2,15,17). The number of rotatable bonds is 5. The Balaban J connectivity index is 1.82. The number of ether oxygens (including phenoxy) is 1. The Morgan fingerprint density at radius 1 is 1.53 bits per heavy atom. The van der Waals surface area contributed by atoms with Crippen molar-refractivity contribution in [2.75, 3.05) is 19.8 Å². The van der Waals surface area contributed by atoms with Crippen molar-refractivity contribution in [3.8, 4) is 0 Å². The Kier molecular flexibility index (Phi) is 5.18. The van der Waals surface area contributed by atoms with E-state index < -0.39 is 0 Å². The van der Waals surface area contributed by atoms with E-state index in [1.807, 2.05) is 24.3 Å². The van der Waals surface area contributed by atoms with Gasteiger partial charge in [-0.2, -0.15) is 0 Å². The van der Waals surface area contributed by atoms with Crippen molar-refractivity contribution >= 4 is 5.84 Å². The maximum Gasteiger partial charge on any atom is 0.170 e. The molecule has 5 heteroatoms. The third-order valence-corrected chi connectivity index (χ3v) is 3.35. The quantitative estimate of drug-likeness (QED) is 0.324. The Bertz CT molecular complexity index is 428. The average molecular weight is 263 g/mol. The summed E-state index contributed by atoms with van der Waals surface area (Å²) >= 11 is 0. The van der Waals surface area contributed by atoms with Crippen molar-refractivity contribution < 1.29 is 9.94 Å². The lowest BCUT2D eigenvalue weighted by molar-refractivity contribution is 0.0547. The number of nitrogens with two attached hydrogens (primary N) is 1. The molecule has 4 N–H and O–H groups in total. The molecule has 0 aromatic heterocycles. The molecule has 0 spiro atoms. The number of benzene rings is 1. The van der Waals surface area contributed by atoms with Crippen LogP contribution in [0.2, 0.25) is 0 Å². The van der Waals surface area contributed by atoms with Crippen molar-refractivity contribution in [3.05, 3.63) is 35.4 Å². The number of oxime groups is 1. The van der Waals surface area contributed by atoms with Crippen LogP contribution >= 0.6 is 0 Å². The van der Waals surface area contributed by atoms with E-state index in [1.165, 1.54) is 6.42 Å². The number of hydrogen-bond acceptors (Lipinski definition) is 4. The fourth-order valence-corrected chi connectivity index (χ4v) is 2.29. The third-order valence-electron chi connectivity index (χ3n) is 3.35. The molecular formula is C14H21N3O2. The molecule has 1 aromatic rings. The van der Waals surface area contributed by atoms with Gasteiger partial charge in [0, 0.05) is 25.3 Å². The van der Waals surface area contributed by atoms with E-state index in [9.17, 15) is 0 Å². The zero-order chi connectivity index (χ0) is 13.5. The van der Waals surface area contributed by atoms with E-state index in [4.69, 9.17) is 15.7 Å². The number of amidine groups is 1. The van der Waals surface area contributed by atoms with E-state index in [1.54, 1.807) is 0 Å². The number of hydrogen-bond donors (Lipinski definition) is 3. The zero-order valence-corrected chi connectivity index (χ0v) is 11.0. The summed E-state index contributed by atoms with van der Waals surface area (Å²) in [5.41, 5.74) is 7.44. The highest BCUT2D eigenvalue weighted by atomic mass is 16.5. The van der Waals surface area contributed by atoms with E-state index in [2.05, 4.69) is 10.5 Å². The van der Waals surface area contributed by atoms with Gasteiger partial charge in [0.15, 0.2) is 5.84 Å². The zero-order valence-electron chi connectivity index (χ0n) is 11.0. The third kappa shape index (κ3) is 4.22. The van der Waals surface area contributed by atoms with E-state index >= 15 is 0 Å². The first-order chi connectivity index (χ1) is 9.29. The maximum absolute atomic E-state index is 8.66. The molecule has 104 valence electrons. The summed E-state index contributed by atoms with van der Waals surface area (Å²) < 4.78 is 5.45. The highest BCUT2D eigenvalue weighted by Crippen LogP contribution is 2.12. The molecule has 1 atom stereocenters. The van der Waals surface area contributed by atoms with Gasteiger partial charge in [-0.05, 0) is 30.4 Å². The lowest BCUT2D eigenvalue weighted by Crippen LogP contribution is -2.28. The van der Waals surface area contributed by atoms with Crippen molar-refractivity contribution in [2.24, 2.45) is 16.8 Å². The molecule has 1 aromatic carbocycles. The summed E-state index contributed by atoms with van der Waals surface area (Å²) in [6.07, 6.45) is 2.39. The largest absolute Gasteiger partial charge is 0.409 e. The molecule has 0 amide bonds. The minimum Gasteiger partial charge on any atom is -0.409 e. The Morgan fingerprint density at radius 2 is 2.42 bits per heavy atom. The van der Waals surface area contributed by atoms with Gasteiger partial charge in [-0.25, -0.2) is 0 Å². The van der Waals surface area contributed by atoms with E-state index in [0.717, 1.165) is 43.9 Å². The summed E-state index contributed by atoms with van der Waals surface area (Å²) in [5.74, 6) is 0.753. The molecule has 1 heterocycles. The van der Waals surface area contributed by atoms with Crippen LogP contribution in [0.25, 0.3) is 0 Å². The Labute approximate surface area is 113 Å². The van der Waals surface area contributed by atoms with Crippen molar-refractivity contribution in [2.45, 2.75) is 19.4 Å². The van der Waals surface area contributed by atoms with Crippen LogP contribution in [0, 0.1) is 5.92 Å². The van der Waals surface area contributed by atoms with Gasteiger partial charge >= 0.3 is 0 Å². The van der Waals surface area contributed by atoms with Crippen LogP contribution in [0.15, 0.2) is 29.4 Å². The summed E-state index contributed by atoms with van der Waals surface area (Å²) in [6, 6.07) is 7.69. The molecule has 1 aliphatic heterocycles. The molecule has 1 unspecified atom stereocenters. The molecule has 0 saturated carbocycles. The van der Waals surface area contributed by atoms with E-state index in [0.29, 0.717) is 5.92 Å². The SMILES string of the molecule is NC(=NO)c1cccc(CNCC2CCCOC2)c1. The predicted molar refractivity (Wildman–Crippen MR) is 74.2 cm³/mol. The second kappa shape index (κ2) is 7.11. The Morgan fingerprint density at radius 3 is 3.16 bits per heavy atom. The van der Waals surface area contributed by atoms with Gasteiger partial charge in [0.05, 0.1) is 6.61 Å². The molecule has 19 heavy (non-hydrogen) atoms. The first-order valence-corrected chi connectivity index (χ1v) is 6.65. The lowest BCUT2D eigenvalue weighted by Gasteiger charge is -2.22. The molecule has 5 nitrogen and oxygen atoms in total. The summed E-state index contributed by atoms with van der Waals surface area (Å²) in [4.78, 5) is 0. The monoisotopic (exact) mass is 263 g/mol. The molecule has 0 aliphatic carbocycles. The minimum atomic E-state index is 0.141. The van der Waals surface area contributed by atoms with Gasteiger partial charge in [0.2, 0.25) is 0 Å². The molecule has 0 bridgehead atoms. The normalized spacial score (nSPS) is 20.4. The van der Waals surface area contributed by atoms with Crippen LogP contribution in [0.1, 0.15) is 24.0 Å². The summed E-state index contributed by atoms with van der Waals surface area (Å²) in [5, 5.41) is 15.1. The average Bonchev–Trinajstić information content (AvgIpc) is 2.48. The highest BCUT2D eigenvalue weighted by molar-refractivity contribution is 5.97. The van der Waals surface area contributed by atoms with Gasteiger partial charge < -0.3 is 21.0 Å². The highest BCUT2D eigenvalue weighted by Gasteiger charge is 2.12. The van der Waals surface area contributed by atoms with Gasteiger partial charge in [-0.1, -0.05) is 23.4 Å². The second-order valence-corrected chi connectivity index (χ2v) is 4.90. The molecule has 1 saturated heterocycles. The van der Waals surface area contributed by atoms with Gasteiger partial charge in [0.1, 0.15) is 0 Å². The van der Waals surface area contributed by atoms with Crippen LogP contribution in [0.5, 0.6) is 0 Å². The Hall–Kier alpha value is -1.59. The first-order valence-electron chi connectivity index (χ1n) is 6.65. The van der Waals surface area contributed by atoms with E-state index in [-0.39, 0.29) is 5.84 Å². The van der Waals surface area contributed by atoms with Crippen LogP contribution < -0.4 is 11.1 Å². The number of nitrogens with zero attached hydrogens (tertiary/aromatic N) is 1. The van der Waals surface area contributed by atoms with Gasteiger partial charge in [0.25, 0.3) is 0 Å². The predicted octanol–water partition coefficient (Wildman–Crippen LogP) is 1.30.